The SMILES string of the molecule is CNCCCN(C)Cc1cc(Cl)cc2c1OCC2. The Labute approximate surface area is 114 Å². The van der Waals surface area contributed by atoms with Gasteiger partial charge < -0.3 is 15.0 Å². The molecule has 1 aromatic rings. The molecule has 0 unspecified atom stereocenters. The fourth-order valence-electron chi connectivity index (χ4n) is 2.36. The lowest BCUT2D eigenvalue weighted by atomic mass is 10.1. The molecular formula is C14H21ClN2O. The molecule has 2 rings (SSSR count). The molecule has 0 bridgehead atoms. The lowest BCUT2D eigenvalue weighted by molar-refractivity contribution is 0.306. The van der Waals surface area contributed by atoms with Gasteiger partial charge in [0.05, 0.1) is 6.61 Å². The van der Waals surface area contributed by atoms with Gasteiger partial charge in [0.15, 0.2) is 0 Å². The second kappa shape index (κ2) is 6.41. The number of hydrogen-bond acceptors (Lipinski definition) is 3. The predicted octanol–water partition coefficient (Wildman–Crippen LogP) is 2.32. The van der Waals surface area contributed by atoms with Crippen molar-refractivity contribution in [2.45, 2.75) is 19.4 Å². The van der Waals surface area contributed by atoms with Crippen molar-refractivity contribution in [3.8, 4) is 5.75 Å². The maximum absolute atomic E-state index is 6.15. The number of halogens is 1. The quantitative estimate of drug-likeness (QED) is 0.802. The van der Waals surface area contributed by atoms with Gasteiger partial charge in [0, 0.05) is 23.6 Å². The summed E-state index contributed by atoms with van der Waals surface area (Å²) in [5, 5.41) is 3.98. The van der Waals surface area contributed by atoms with E-state index >= 15 is 0 Å². The molecule has 0 saturated carbocycles. The van der Waals surface area contributed by atoms with Crippen LogP contribution in [0.4, 0.5) is 0 Å². The zero-order chi connectivity index (χ0) is 13.0. The summed E-state index contributed by atoms with van der Waals surface area (Å²) >= 11 is 6.15. The first-order valence-corrected chi connectivity index (χ1v) is 6.85. The molecule has 0 aliphatic carbocycles. The monoisotopic (exact) mass is 268 g/mol. The van der Waals surface area contributed by atoms with Crippen LogP contribution in [0.25, 0.3) is 0 Å². The van der Waals surface area contributed by atoms with Crippen molar-refractivity contribution < 1.29 is 4.74 Å². The third kappa shape index (κ3) is 3.37. The van der Waals surface area contributed by atoms with Gasteiger partial charge in [-0.2, -0.15) is 0 Å². The van der Waals surface area contributed by atoms with Crippen LogP contribution in [0.3, 0.4) is 0 Å². The van der Waals surface area contributed by atoms with Gasteiger partial charge in [-0.15, -0.1) is 0 Å². The number of hydrogen-bond donors (Lipinski definition) is 1. The van der Waals surface area contributed by atoms with Gasteiger partial charge in [0.1, 0.15) is 5.75 Å². The highest BCUT2D eigenvalue weighted by Gasteiger charge is 2.18. The minimum Gasteiger partial charge on any atom is -0.493 e. The molecule has 1 aromatic carbocycles. The third-order valence-electron chi connectivity index (χ3n) is 3.23. The molecule has 1 N–H and O–H groups in total. The van der Waals surface area contributed by atoms with E-state index in [-0.39, 0.29) is 0 Å². The number of ether oxygens (including phenoxy) is 1. The minimum atomic E-state index is 0.784. The molecule has 1 heterocycles. The Morgan fingerprint density at radius 1 is 1.44 bits per heavy atom. The maximum atomic E-state index is 6.15. The van der Waals surface area contributed by atoms with Gasteiger partial charge in [0.25, 0.3) is 0 Å². The first kappa shape index (κ1) is 13.7. The molecule has 1 aliphatic rings. The molecule has 0 amide bonds. The van der Waals surface area contributed by atoms with E-state index in [1.807, 2.05) is 19.2 Å². The van der Waals surface area contributed by atoms with E-state index in [0.29, 0.717) is 0 Å². The normalized spacial score (nSPS) is 13.8. The summed E-state index contributed by atoms with van der Waals surface area (Å²) in [6.45, 7) is 3.80. The van der Waals surface area contributed by atoms with Crippen LogP contribution < -0.4 is 10.1 Å². The van der Waals surface area contributed by atoms with Crippen LogP contribution in [0.5, 0.6) is 5.75 Å². The van der Waals surface area contributed by atoms with E-state index < -0.39 is 0 Å². The van der Waals surface area contributed by atoms with Gasteiger partial charge in [0.2, 0.25) is 0 Å². The standard InChI is InChI=1S/C14H21ClN2O/c1-16-5-3-6-17(2)10-12-9-13(15)8-11-4-7-18-14(11)12/h8-9,16H,3-7,10H2,1-2H3. The highest BCUT2D eigenvalue weighted by atomic mass is 35.5. The van der Waals surface area contributed by atoms with Gasteiger partial charge >= 0.3 is 0 Å². The van der Waals surface area contributed by atoms with Crippen molar-refractivity contribution in [2.24, 2.45) is 0 Å². The first-order chi connectivity index (χ1) is 8.70. The molecule has 0 fully saturated rings. The Morgan fingerprint density at radius 3 is 3.06 bits per heavy atom. The van der Waals surface area contributed by atoms with Crippen LogP contribution in [0, 0.1) is 0 Å². The minimum absolute atomic E-state index is 0.784. The van der Waals surface area contributed by atoms with Crippen molar-refractivity contribution in [3.63, 3.8) is 0 Å². The molecule has 18 heavy (non-hydrogen) atoms. The van der Waals surface area contributed by atoms with Gasteiger partial charge in [-0.1, -0.05) is 11.6 Å². The van der Waals surface area contributed by atoms with Crippen molar-refractivity contribution in [2.75, 3.05) is 33.8 Å². The summed E-state index contributed by atoms with van der Waals surface area (Å²) < 4.78 is 5.71. The summed E-state index contributed by atoms with van der Waals surface area (Å²) in [5.41, 5.74) is 2.46. The predicted molar refractivity (Wildman–Crippen MR) is 75.5 cm³/mol. The van der Waals surface area contributed by atoms with E-state index in [1.165, 1.54) is 11.1 Å². The number of nitrogens with one attached hydrogen (secondary N) is 1. The molecule has 100 valence electrons. The Morgan fingerprint density at radius 2 is 2.28 bits per heavy atom. The summed E-state index contributed by atoms with van der Waals surface area (Å²) in [5.74, 6) is 1.06. The van der Waals surface area contributed by atoms with Crippen LogP contribution in [-0.4, -0.2) is 38.7 Å². The molecule has 0 atom stereocenters. The fourth-order valence-corrected chi connectivity index (χ4v) is 2.62. The van der Waals surface area contributed by atoms with Crippen LogP contribution in [0.2, 0.25) is 5.02 Å². The van der Waals surface area contributed by atoms with Crippen LogP contribution in [-0.2, 0) is 13.0 Å². The van der Waals surface area contributed by atoms with E-state index in [4.69, 9.17) is 16.3 Å². The highest BCUT2D eigenvalue weighted by Crippen LogP contribution is 2.33. The number of fused-ring (bicyclic) bond motifs is 1. The summed E-state index contributed by atoms with van der Waals surface area (Å²) in [4.78, 5) is 2.31. The van der Waals surface area contributed by atoms with E-state index in [0.717, 1.165) is 49.9 Å². The van der Waals surface area contributed by atoms with Crippen LogP contribution >= 0.6 is 11.6 Å². The third-order valence-corrected chi connectivity index (χ3v) is 3.45. The highest BCUT2D eigenvalue weighted by molar-refractivity contribution is 6.30. The van der Waals surface area contributed by atoms with Crippen molar-refractivity contribution in [1.82, 2.24) is 10.2 Å². The zero-order valence-corrected chi connectivity index (χ0v) is 11.9. The number of nitrogens with zero attached hydrogens (tertiary/aromatic N) is 1. The molecule has 4 heteroatoms. The molecule has 0 aromatic heterocycles. The van der Waals surface area contributed by atoms with Gasteiger partial charge in [-0.3, -0.25) is 0 Å². The van der Waals surface area contributed by atoms with Crippen LogP contribution in [0.1, 0.15) is 17.5 Å². The number of benzene rings is 1. The van der Waals surface area contributed by atoms with Crippen molar-refractivity contribution >= 4 is 11.6 Å². The molecule has 3 nitrogen and oxygen atoms in total. The average Bonchev–Trinajstić information content (AvgIpc) is 2.77. The molecular weight excluding hydrogens is 248 g/mol. The van der Waals surface area contributed by atoms with Crippen LogP contribution in [0.15, 0.2) is 12.1 Å². The fraction of sp³-hybridized carbons (Fsp3) is 0.571. The first-order valence-electron chi connectivity index (χ1n) is 6.48. The molecule has 0 spiro atoms. The summed E-state index contributed by atoms with van der Waals surface area (Å²) in [6, 6.07) is 4.05. The lowest BCUT2D eigenvalue weighted by Crippen LogP contribution is -2.22. The number of rotatable bonds is 6. The second-order valence-corrected chi connectivity index (χ2v) is 5.28. The summed E-state index contributed by atoms with van der Waals surface area (Å²) in [7, 11) is 4.12. The molecule has 0 radical (unpaired) electrons. The maximum Gasteiger partial charge on any atom is 0.127 e. The van der Waals surface area contributed by atoms with Gasteiger partial charge in [-0.05, 0) is 51.3 Å². The second-order valence-electron chi connectivity index (χ2n) is 4.85. The Bertz CT molecular complexity index is 409. The molecule has 1 aliphatic heterocycles. The van der Waals surface area contributed by atoms with Gasteiger partial charge in [-0.25, -0.2) is 0 Å². The van der Waals surface area contributed by atoms with Crippen molar-refractivity contribution in [1.29, 1.82) is 0 Å². The average molecular weight is 269 g/mol. The largest absolute Gasteiger partial charge is 0.493 e. The Balaban J connectivity index is 2.00. The lowest BCUT2D eigenvalue weighted by Gasteiger charge is -2.18. The van der Waals surface area contributed by atoms with E-state index in [1.54, 1.807) is 0 Å². The molecule has 0 saturated heterocycles. The Kier molecular flexibility index (Phi) is 4.87. The van der Waals surface area contributed by atoms with E-state index in [2.05, 4.69) is 17.3 Å². The zero-order valence-electron chi connectivity index (χ0n) is 11.1. The topological polar surface area (TPSA) is 24.5 Å². The Hall–Kier alpha value is -0.770. The van der Waals surface area contributed by atoms with Crippen molar-refractivity contribution in [3.05, 3.63) is 28.3 Å². The van der Waals surface area contributed by atoms with E-state index in [9.17, 15) is 0 Å². The smallest absolute Gasteiger partial charge is 0.127 e. The summed E-state index contributed by atoms with van der Waals surface area (Å²) in [6.07, 6.45) is 2.13.